The zero-order valence-electron chi connectivity index (χ0n) is 9.45. The summed E-state index contributed by atoms with van der Waals surface area (Å²) >= 11 is 1.72. The molecule has 0 radical (unpaired) electrons. The molecule has 1 rings (SSSR count). The molecule has 0 spiro atoms. The Labute approximate surface area is 95.1 Å². The number of hydrogen-bond donors (Lipinski definition) is 1. The highest BCUT2D eigenvalue weighted by molar-refractivity contribution is 7.11. The summed E-state index contributed by atoms with van der Waals surface area (Å²) in [6.45, 7) is 4.91. The maximum Gasteiger partial charge on any atom is 0.118 e. The standard InChI is InChI=1S/C10H19N3OS/c1-3-11-7-6-10-13-12-9(15-10)5-4-8-14-2/h11H,3-8H2,1-2H3. The molecule has 0 amide bonds. The molecule has 1 heterocycles. The van der Waals surface area contributed by atoms with Crippen molar-refractivity contribution in [1.29, 1.82) is 0 Å². The smallest absolute Gasteiger partial charge is 0.118 e. The van der Waals surface area contributed by atoms with Gasteiger partial charge >= 0.3 is 0 Å². The summed E-state index contributed by atoms with van der Waals surface area (Å²) in [5.74, 6) is 0. The number of ether oxygens (including phenoxy) is 1. The lowest BCUT2D eigenvalue weighted by atomic mass is 10.3. The van der Waals surface area contributed by atoms with Gasteiger partial charge < -0.3 is 10.1 Å². The van der Waals surface area contributed by atoms with Gasteiger partial charge in [0.1, 0.15) is 10.0 Å². The van der Waals surface area contributed by atoms with Gasteiger partial charge in [-0.05, 0) is 13.0 Å². The van der Waals surface area contributed by atoms with Gasteiger partial charge in [0.05, 0.1) is 0 Å². The molecule has 0 saturated carbocycles. The van der Waals surface area contributed by atoms with E-state index in [9.17, 15) is 0 Å². The molecule has 4 nitrogen and oxygen atoms in total. The van der Waals surface area contributed by atoms with Gasteiger partial charge in [0.25, 0.3) is 0 Å². The van der Waals surface area contributed by atoms with Gasteiger partial charge in [0.15, 0.2) is 0 Å². The van der Waals surface area contributed by atoms with Crippen LogP contribution in [-0.4, -0.2) is 37.0 Å². The van der Waals surface area contributed by atoms with Crippen LogP contribution >= 0.6 is 11.3 Å². The predicted molar refractivity (Wildman–Crippen MR) is 62.4 cm³/mol. The van der Waals surface area contributed by atoms with Gasteiger partial charge in [-0.1, -0.05) is 6.92 Å². The highest BCUT2D eigenvalue weighted by Crippen LogP contribution is 2.11. The van der Waals surface area contributed by atoms with Crippen molar-refractivity contribution in [1.82, 2.24) is 15.5 Å². The number of methoxy groups -OCH3 is 1. The van der Waals surface area contributed by atoms with Gasteiger partial charge in [-0.2, -0.15) is 0 Å². The summed E-state index contributed by atoms with van der Waals surface area (Å²) in [5.41, 5.74) is 0. The fraction of sp³-hybridized carbons (Fsp3) is 0.800. The Morgan fingerprint density at radius 3 is 2.67 bits per heavy atom. The summed E-state index contributed by atoms with van der Waals surface area (Å²) < 4.78 is 5.00. The van der Waals surface area contributed by atoms with Crippen molar-refractivity contribution in [3.05, 3.63) is 10.0 Å². The molecule has 0 atom stereocenters. The topological polar surface area (TPSA) is 47.0 Å². The summed E-state index contributed by atoms with van der Waals surface area (Å²) in [6, 6.07) is 0. The van der Waals surface area contributed by atoms with Crippen LogP contribution in [0.3, 0.4) is 0 Å². The first-order valence-electron chi connectivity index (χ1n) is 5.37. The fourth-order valence-corrected chi connectivity index (χ4v) is 2.12. The third kappa shape index (κ3) is 5.20. The number of hydrogen-bond acceptors (Lipinski definition) is 5. The molecule has 0 bridgehead atoms. The highest BCUT2D eigenvalue weighted by Gasteiger charge is 2.03. The van der Waals surface area contributed by atoms with Crippen LogP contribution in [0.5, 0.6) is 0 Å². The summed E-state index contributed by atoms with van der Waals surface area (Å²) in [6.07, 6.45) is 2.99. The molecule has 0 aliphatic carbocycles. The number of nitrogens with zero attached hydrogens (tertiary/aromatic N) is 2. The van der Waals surface area contributed by atoms with E-state index in [-0.39, 0.29) is 0 Å². The van der Waals surface area contributed by atoms with Crippen LogP contribution in [0.4, 0.5) is 0 Å². The zero-order valence-corrected chi connectivity index (χ0v) is 10.3. The largest absolute Gasteiger partial charge is 0.385 e. The summed E-state index contributed by atoms with van der Waals surface area (Å²) in [4.78, 5) is 0. The summed E-state index contributed by atoms with van der Waals surface area (Å²) in [5, 5.41) is 13.8. The molecule has 1 aromatic rings. The first-order valence-corrected chi connectivity index (χ1v) is 6.19. The maximum atomic E-state index is 5.00. The van der Waals surface area contributed by atoms with Crippen LogP contribution in [0.2, 0.25) is 0 Å². The minimum absolute atomic E-state index is 0.798. The van der Waals surface area contributed by atoms with Gasteiger partial charge in [0.2, 0.25) is 0 Å². The van der Waals surface area contributed by atoms with Crippen molar-refractivity contribution in [2.24, 2.45) is 0 Å². The average Bonchev–Trinajstić information content (AvgIpc) is 2.67. The molecule has 0 fully saturated rings. The predicted octanol–water partition coefficient (Wildman–Crippen LogP) is 1.27. The lowest BCUT2D eigenvalue weighted by Crippen LogP contribution is -2.15. The summed E-state index contributed by atoms with van der Waals surface area (Å²) in [7, 11) is 1.72. The first-order chi connectivity index (χ1) is 7.36. The first kappa shape index (κ1) is 12.5. The molecule has 0 saturated heterocycles. The van der Waals surface area contributed by atoms with Crippen LogP contribution in [-0.2, 0) is 17.6 Å². The Balaban J connectivity index is 2.23. The number of aryl methyl sites for hydroxylation is 1. The fourth-order valence-electron chi connectivity index (χ4n) is 1.23. The van der Waals surface area contributed by atoms with Crippen molar-refractivity contribution in [3.63, 3.8) is 0 Å². The van der Waals surface area contributed by atoms with Crippen molar-refractivity contribution in [2.45, 2.75) is 26.2 Å². The second-order valence-corrected chi connectivity index (χ2v) is 4.44. The van der Waals surface area contributed by atoms with Crippen LogP contribution in [0.25, 0.3) is 0 Å². The van der Waals surface area contributed by atoms with Crippen LogP contribution in [0.1, 0.15) is 23.4 Å². The van der Waals surface area contributed by atoms with Crippen LogP contribution in [0, 0.1) is 0 Å². The molecule has 0 unspecified atom stereocenters. The number of likely N-dealkylation sites (N-methyl/N-ethyl adjacent to an activating group) is 1. The van der Waals surface area contributed by atoms with Crippen molar-refractivity contribution in [2.75, 3.05) is 26.8 Å². The Bertz CT molecular complexity index is 240. The molecule has 15 heavy (non-hydrogen) atoms. The minimum Gasteiger partial charge on any atom is -0.385 e. The number of rotatable bonds is 8. The second-order valence-electron chi connectivity index (χ2n) is 3.29. The average molecular weight is 229 g/mol. The van der Waals surface area contributed by atoms with E-state index in [4.69, 9.17) is 4.74 Å². The van der Waals surface area contributed by atoms with Crippen LogP contribution in [0.15, 0.2) is 0 Å². The van der Waals surface area contributed by atoms with Gasteiger partial charge in [-0.15, -0.1) is 21.5 Å². The van der Waals surface area contributed by atoms with E-state index in [1.807, 2.05) is 0 Å². The monoisotopic (exact) mass is 229 g/mol. The molecule has 86 valence electrons. The van der Waals surface area contributed by atoms with E-state index in [2.05, 4.69) is 22.4 Å². The molecule has 0 aliphatic rings. The lowest BCUT2D eigenvalue weighted by Gasteiger charge is -1.96. The molecule has 1 aromatic heterocycles. The minimum atomic E-state index is 0.798. The number of aromatic nitrogens is 2. The molecular formula is C10H19N3OS. The van der Waals surface area contributed by atoms with E-state index in [0.29, 0.717) is 0 Å². The third-order valence-electron chi connectivity index (χ3n) is 2.01. The molecule has 0 aliphatic heterocycles. The Morgan fingerprint density at radius 1 is 1.27 bits per heavy atom. The highest BCUT2D eigenvalue weighted by atomic mass is 32.1. The molecule has 5 heteroatoms. The van der Waals surface area contributed by atoms with Crippen molar-refractivity contribution in [3.8, 4) is 0 Å². The van der Waals surface area contributed by atoms with Crippen molar-refractivity contribution >= 4 is 11.3 Å². The molecule has 0 aromatic carbocycles. The maximum absolute atomic E-state index is 5.00. The van der Waals surface area contributed by atoms with Gasteiger partial charge in [-0.25, -0.2) is 0 Å². The third-order valence-corrected chi connectivity index (χ3v) is 3.06. The normalized spacial score (nSPS) is 10.8. The van der Waals surface area contributed by atoms with E-state index >= 15 is 0 Å². The Morgan fingerprint density at radius 2 is 2.00 bits per heavy atom. The van der Waals surface area contributed by atoms with E-state index in [1.54, 1.807) is 18.4 Å². The number of nitrogens with one attached hydrogen (secondary N) is 1. The Hall–Kier alpha value is -0.520. The van der Waals surface area contributed by atoms with Gasteiger partial charge in [-0.3, -0.25) is 0 Å². The lowest BCUT2D eigenvalue weighted by molar-refractivity contribution is 0.195. The SMILES string of the molecule is CCNCCc1nnc(CCCOC)s1. The van der Waals surface area contributed by atoms with E-state index < -0.39 is 0 Å². The zero-order chi connectivity index (χ0) is 10.9. The molecule has 1 N–H and O–H groups in total. The van der Waals surface area contributed by atoms with Crippen LogP contribution < -0.4 is 5.32 Å². The van der Waals surface area contributed by atoms with Crippen molar-refractivity contribution < 1.29 is 4.74 Å². The molecular weight excluding hydrogens is 210 g/mol. The second kappa shape index (κ2) is 7.73. The Kier molecular flexibility index (Phi) is 6.47. The van der Waals surface area contributed by atoms with E-state index in [1.165, 1.54) is 0 Å². The van der Waals surface area contributed by atoms with Gasteiger partial charge in [0, 0.05) is 33.1 Å². The van der Waals surface area contributed by atoms with E-state index in [0.717, 1.165) is 49.0 Å². The quantitative estimate of drug-likeness (QED) is 0.682.